The Morgan fingerprint density at radius 3 is 2.46 bits per heavy atom. The molecule has 2 heterocycles. The summed E-state index contributed by atoms with van der Waals surface area (Å²) in [4.78, 5) is 28.4. The maximum atomic E-state index is 13.8. The number of ether oxygens (including phenoxy) is 1. The van der Waals surface area contributed by atoms with E-state index in [0.717, 1.165) is 11.1 Å². The van der Waals surface area contributed by atoms with Crippen LogP contribution in [0.5, 0.6) is 11.5 Å². The second kappa shape index (κ2) is 8.36. The number of amides is 1. The van der Waals surface area contributed by atoms with Gasteiger partial charge in [-0.25, -0.2) is 0 Å². The van der Waals surface area contributed by atoms with Gasteiger partial charge in [0.25, 0.3) is 5.91 Å². The number of aliphatic hydroxyl groups is 1. The number of hydrogen-bond acceptors (Lipinski definition) is 6. The number of aromatic hydroxyl groups is 1. The number of hydrogen-bond donors (Lipinski definition) is 2. The molecule has 1 unspecified atom stereocenters. The van der Waals surface area contributed by atoms with E-state index in [1.54, 1.807) is 42.5 Å². The monoisotopic (exact) mass is 469 g/mol. The van der Waals surface area contributed by atoms with E-state index in [-0.39, 0.29) is 22.8 Å². The van der Waals surface area contributed by atoms with Crippen molar-refractivity contribution in [3.63, 3.8) is 0 Å². The number of carbonyl (C=O) groups is 2. The first-order chi connectivity index (χ1) is 16.8. The molecule has 2 N–H and O–H groups in total. The number of rotatable bonds is 5. The van der Waals surface area contributed by atoms with Gasteiger partial charge in [0.1, 0.15) is 5.75 Å². The summed E-state index contributed by atoms with van der Waals surface area (Å²) in [6.45, 7) is 3.72. The molecule has 35 heavy (non-hydrogen) atoms. The Kier molecular flexibility index (Phi) is 5.32. The third-order valence-electron chi connectivity index (χ3n) is 6.15. The minimum atomic E-state index is -0.974. The first kappa shape index (κ1) is 22.3. The maximum Gasteiger partial charge on any atom is 0.294 e. The van der Waals surface area contributed by atoms with Gasteiger partial charge in [0.15, 0.2) is 22.9 Å². The number of furan rings is 1. The number of ketones is 1. The van der Waals surface area contributed by atoms with Crippen molar-refractivity contribution in [3.8, 4) is 11.5 Å². The first-order valence-corrected chi connectivity index (χ1v) is 11.0. The zero-order valence-electron chi connectivity index (χ0n) is 19.4. The van der Waals surface area contributed by atoms with E-state index in [1.165, 1.54) is 18.1 Å². The number of methoxy groups -OCH3 is 1. The number of phenolic OH excluding ortho intramolecular Hbond substituents is 1. The van der Waals surface area contributed by atoms with E-state index in [0.29, 0.717) is 22.3 Å². The Labute approximate surface area is 201 Å². The molecular formula is C28H23NO6. The van der Waals surface area contributed by atoms with Crippen molar-refractivity contribution in [2.24, 2.45) is 0 Å². The highest BCUT2D eigenvalue weighted by Crippen LogP contribution is 2.45. The average Bonchev–Trinajstić information content (AvgIpc) is 3.39. The Hall–Kier alpha value is -4.52. The van der Waals surface area contributed by atoms with Gasteiger partial charge in [-0.05, 0) is 49.2 Å². The minimum Gasteiger partial charge on any atom is -0.506 e. The molecule has 0 bridgehead atoms. The number of Topliss-reactive ketones (excluding diaryl/α,β-unsaturated/α-hetero) is 1. The molecule has 1 aliphatic rings. The largest absolute Gasteiger partial charge is 0.506 e. The lowest BCUT2D eigenvalue weighted by molar-refractivity contribution is -0.117. The molecule has 7 nitrogen and oxygen atoms in total. The lowest BCUT2D eigenvalue weighted by Gasteiger charge is -2.27. The second-order valence-corrected chi connectivity index (χ2v) is 8.56. The van der Waals surface area contributed by atoms with Crippen LogP contribution in [0.4, 0.5) is 5.69 Å². The highest BCUT2D eigenvalue weighted by atomic mass is 16.5. The fourth-order valence-corrected chi connectivity index (χ4v) is 4.51. The van der Waals surface area contributed by atoms with Crippen LogP contribution in [0, 0.1) is 13.8 Å². The molecule has 0 saturated carbocycles. The smallest absolute Gasteiger partial charge is 0.294 e. The summed E-state index contributed by atoms with van der Waals surface area (Å²) in [5, 5.41) is 22.2. The highest BCUT2D eigenvalue weighted by Gasteiger charge is 2.46. The molecular weight excluding hydrogens is 446 g/mol. The van der Waals surface area contributed by atoms with Gasteiger partial charge in [-0.2, -0.15) is 0 Å². The SMILES string of the molecule is COc1cccc2cc(C(=O)C3=C(O)C(=O)N(c4cc(C)ccc4O)C3c3cccc(C)c3)oc12. The zero-order chi connectivity index (χ0) is 24.9. The van der Waals surface area contributed by atoms with Crippen molar-refractivity contribution in [1.29, 1.82) is 0 Å². The predicted molar refractivity (Wildman–Crippen MR) is 131 cm³/mol. The van der Waals surface area contributed by atoms with Crippen LogP contribution in [0.1, 0.15) is 33.3 Å². The van der Waals surface area contributed by atoms with Crippen molar-refractivity contribution in [3.05, 3.63) is 101 Å². The topological polar surface area (TPSA) is 100 Å². The van der Waals surface area contributed by atoms with Crippen LogP contribution in [0.15, 0.2) is 82.5 Å². The number of benzene rings is 3. The number of aliphatic hydroxyl groups excluding tert-OH is 1. The summed E-state index contributed by atoms with van der Waals surface area (Å²) >= 11 is 0. The van der Waals surface area contributed by atoms with Crippen LogP contribution in [-0.2, 0) is 4.79 Å². The van der Waals surface area contributed by atoms with Gasteiger partial charge >= 0.3 is 0 Å². The molecule has 1 aliphatic heterocycles. The minimum absolute atomic E-state index is 0.0354. The van der Waals surface area contributed by atoms with Crippen LogP contribution in [0.25, 0.3) is 11.0 Å². The van der Waals surface area contributed by atoms with Crippen LogP contribution in [0.3, 0.4) is 0 Å². The summed E-state index contributed by atoms with van der Waals surface area (Å²) in [5.41, 5.74) is 2.79. The number of carbonyl (C=O) groups excluding carboxylic acids is 2. The van der Waals surface area contributed by atoms with E-state index < -0.39 is 23.5 Å². The average molecular weight is 469 g/mol. The molecule has 0 radical (unpaired) electrons. The van der Waals surface area contributed by atoms with Crippen molar-refractivity contribution in [2.45, 2.75) is 19.9 Å². The Morgan fingerprint density at radius 1 is 0.971 bits per heavy atom. The van der Waals surface area contributed by atoms with Crippen LogP contribution in [0.2, 0.25) is 0 Å². The molecule has 0 aliphatic carbocycles. The fourth-order valence-electron chi connectivity index (χ4n) is 4.51. The zero-order valence-corrected chi connectivity index (χ0v) is 19.4. The van der Waals surface area contributed by atoms with Crippen molar-refractivity contribution < 1.29 is 29.0 Å². The Morgan fingerprint density at radius 2 is 1.71 bits per heavy atom. The summed E-state index contributed by atoms with van der Waals surface area (Å²) in [5.74, 6) is -1.81. The van der Waals surface area contributed by atoms with Crippen LogP contribution < -0.4 is 9.64 Å². The van der Waals surface area contributed by atoms with E-state index in [1.807, 2.05) is 32.0 Å². The van der Waals surface area contributed by atoms with Crippen LogP contribution >= 0.6 is 0 Å². The van der Waals surface area contributed by atoms with Crippen molar-refractivity contribution >= 4 is 28.3 Å². The quantitative estimate of drug-likeness (QED) is 0.372. The van der Waals surface area contributed by atoms with E-state index in [2.05, 4.69) is 0 Å². The van der Waals surface area contributed by atoms with Gasteiger partial charge in [-0.3, -0.25) is 14.5 Å². The second-order valence-electron chi connectivity index (χ2n) is 8.56. The number of para-hydroxylation sites is 1. The fraction of sp³-hybridized carbons (Fsp3) is 0.143. The third-order valence-corrected chi connectivity index (χ3v) is 6.15. The number of fused-ring (bicyclic) bond motifs is 1. The molecule has 0 saturated heterocycles. The summed E-state index contributed by atoms with van der Waals surface area (Å²) in [7, 11) is 1.50. The van der Waals surface area contributed by atoms with Crippen molar-refractivity contribution in [1.82, 2.24) is 0 Å². The predicted octanol–water partition coefficient (Wildman–Crippen LogP) is 5.55. The van der Waals surface area contributed by atoms with E-state index >= 15 is 0 Å². The van der Waals surface area contributed by atoms with Gasteiger partial charge in [-0.1, -0.05) is 48.0 Å². The summed E-state index contributed by atoms with van der Waals surface area (Å²) < 4.78 is 11.2. The molecule has 176 valence electrons. The molecule has 0 spiro atoms. The molecule has 1 aromatic heterocycles. The number of anilines is 1. The van der Waals surface area contributed by atoms with E-state index in [4.69, 9.17) is 9.15 Å². The molecule has 1 atom stereocenters. The molecule has 5 rings (SSSR count). The third kappa shape index (κ3) is 3.61. The molecule has 0 fully saturated rings. The summed E-state index contributed by atoms with van der Waals surface area (Å²) in [6, 6.07) is 18.0. The highest BCUT2D eigenvalue weighted by molar-refractivity contribution is 6.21. The molecule has 1 amide bonds. The van der Waals surface area contributed by atoms with E-state index in [9.17, 15) is 19.8 Å². The lowest BCUT2D eigenvalue weighted by Crippen LogP contribution is -2.31. The number of phenols is 1. The summed E-state index contributed by atoms with van der Waals surface area (Å²) in [6.07, 6.45) is 0. The molecule has 4 aromatic rings. The normalized spacial score (nSPS) is 15.8. The van der Waals surface area contributed by atoms with Gasteiger partial charge in [0.05, 0.1) is 24.4 Å². The van der Waals surface area contributed by atoms with Crippen LogP contribution in [-0.4, -0.2) is 29.0 Å². The number of aryl methyl sites for hydroxylation is 2. The Balaban J connectivity index is 1.70. The van der Waals surface area contributed by atoms with Gasteiger partial charge < -0.3 is 19.4 Å². The molecule has 3 aromatic carbocycles. The van der Waals surface area contributed by atoms with Gasteiger partial charge in [0.2, 0.25) is 5.78 Å². The first-order valence-electron chi connectivity index (χ1n) is 11.0. The number of nitrogens with zero attached hydrogens (tertiary/aromatic N) is 1. The Bertz CT molecular complexity index is 1530. The van der Waals surface area contributed by atoms with Crippen molar-refractivity contribution in [2.75, 3.05) is 12.0 Å². The lowest BCUT2D eigenvalue weighted by atomic mass is 9.93. The van der Waals surface area contributed by atoms with Gasteiger partial charge in [0, 0.05) is 5.39 Å². The maximum absolute atomic E-state index is 13.8. The standard InChI is InChI=1S/C28H23NO6/c1-15-6-4-7-17(12-15)24-23(25(31)22-14-18-8-5-9-21(34-3)27(18)35-22)26(32)28(33)29(24)19-13-16(2)10-11-20(19)30/h4-14,24,30,32H,1-3H3. The molecule has 7 heteroatoms. The van der Waals surface area contributed by atoms with Gasteiger partial charge in [-0.15, -0.1) is 0 Å².